The second-order valence-electron chi connectivity index (χ2n) is 6.79. The topological polar surface area (TPSA) is 77.1 Å². The first-order valence-electron chi connectivity index (χ1n) is 9.52. The van der Waals surface area contributed by atoms with Gasteiger partial charge in [0.1, 0.15) is 5.76 Å². The second kappa shape index (κ2) is 8.56. The van der Waals surface area contributed by atoms with Crippen molar-refractivity contribution < 1.29 is 9.21 Å². The summed E-state index contributed by atoms with van der Waals surface area (Å²) < 4.78 is 6.92. The first-order chi connectivity index (χ1) is 14.2. The molecule has 6 nitrogen and oxygen atoms in total. The number of hydrogen-bond acceptors (Lipinski definition) is 4. The van der Waals surface area contributed by atoms with Crippen LogP contribution in [0.15, 0.2) is 88.4 Å². The second-order valence-corrected chi connectivity index (χ2v) is 6.79. The summed E-state index contributed by atoms with van der Waals surface area (Å²) in [4.78, 5) is 25.0. The van der Waals surface area contributed by atoms with Gasteiger partial charge in [0.05, 0.1) is 30.3 Å². The molecule has 2 aromatic heterocycles. The van der Waals surface area contributed by atoms with Crippen molar-refractivity contribution in [3.05, 3.63) is 101 Å². The smallest absolute Gasteiger partial charge is 0.274 e. The van der Waals surface area contributed by atoms with Gasteiger partial charge in [-0.05, 0) is 23.8 Å². The summed E-state index contributed by atoms with van der Waals surface area (Å²) in [6.45, 7) is 0.635. The van der Waals surface area contributed by atoms with Crippen LogP contribution in [0.1, 0.15) is 23.7 Å². The van der Waals surface area contributed by atoms with Crippen LogP contribution in [0.25, 0.3) is 10.8 Å². The number of carbonyl (C=O) groups is 1. The third-order valence-electron chi connectivity index (χ3n) is 4.89. The van der Waals surface area contributed by atoms with E-state index in [-0.39, 0.29) is 23.8 Å². The van der Waals surface area contributed by atoms with E-state index in [1.54, 1.807) is 18.5 Å². The van der Waals surface area contributed by atoms with E-state index in [0.29, 0.717) is 18.5 Å². The van der Waals surface area contributed by atoms with E-state index in [0.717, 1.165) is 16.7 Å². The van der Waals surface area contributed by atoms with Gasteiger partial charge in [0.25, 0.3) is 5.56 Å². The number of furan rings is 1. The minimum Gasteiger partial charge on any atom is -0.469 e. The largest absolute Gasteiger partial charge is 0.469 e. The highest BCUT2D eigenvalue weighted by Gasteiger charge is 2.20. The molecule has 29 heavy (non-hydrogen) atoms. The number of hydrogen-bond donors (Lipinski definition) is 1. The Bertz CT molecular complexity index is 1150. The SMILES string of the molecule is O=C(CC(c1ccccc1)c1ccco1)NCCn1ncc2ccccc2c1=O. The van der Waals surface area contributed by atoms with Crippen LogP contribution in [-0.4, -0.2) is 22.2 Å². The number of amides is 1. The molecule has 4 rings (SSSR count). The van der Waals surface area contributed by atoms with Gasteiger partial charge in [-0.15, -0.1) is 0 Å². The Morgan fingerprint density at radius 1 is 1.03 bits per heavy atom. The van der Waals surface area contributed by atoms with Crippen molar-refractivity contribution in [3.8, 4) is 0 Å². The van der Waals surface area contributed by atoms with Crippen molar-refractivity contribution in [3.63, 3.8) is 0 Å². The zero-order chi connectivity index (χ0) is 20.1. The molecule has 0 saturated carbocycles. The van der Waals surface area contributed by atoms with Crippen molar-refractivity contribution in [1.82, 2.24) is 15.1 Å². The highest BCUT2D eigenvalue weighted by atomic mass is 16.3. The van der Waals surface area contributed by atoms with E-state index in [1.165, 1.54) is 4.68 Å². The van der Waals surface area contributed by atoms with Gasteiger partial charge in [-0.1, -0.05) is 48.5 Å². The Kier molecular flexibility index (Phi) is 5.52. The molecule has 2 heterocycles. The molecule has 2 aromatic carbocycles. The Labute approximate surface area is 167 Å². The van der Waals surface area contributed by atoms with Crippen LogP contribution in [0.3, 0.4) is 0 Å². The van der Waals surface area contributed by atoms with Crippen molar-refractivity contribution in [2.24, 2.45) is 0 Å². The molecule has 0 spiro atoms. The van der Waals surface area contributed by atoms with Crippen LogP contribution in [0.4, 0.5) is 0 Å². The molecule has 1 unspecified atom stereocenters. The van der Waals surface area contributed by atoms with Gasteiger partial charge in [-0.25, -0.2) is 4.68 Å². The zero-order valence-electron chi connectivity index (χ0n) is 15.8. The summed E-state index contributed by atoms with van der Waals surface area (Å²) >= 11 is 0. The Morgan fingerprint density at radius 2 is 1.83 bits per heavy atom. The third kappa shape index (κ3) is 4.27. The molecule has 0 bridgehead atoms. The summed E-state index contributed by atoms with van der Waals surface area (Å²) in [5, 5.41) is 8.51. The monoisotopic (exact) mass is 387 g/mol. The average Bonchev–Trinajstić information content (AvgIpc) is 3.29. The number of nitrogens with one attached hydrogen (secondary N) is 1. The molecule has 4 aromatic rings. The van der Waals surface area contributed by atoms with Gasteiger partial charge in [0, 0.05) is 18.4 Å². The van der Waals surface area contributed by atoms with Crippen LogP contribution in [0, 0.1) is 0 Å². The van der Waals surface area contributed by atoms with Crippen molar-refractivity contribution in [1.29, 1.82) is 0 Å². The number of aromatic nitrogens is 2. The molecule has 0 aliphatic heterocycles. The van der Waals surface area contributed by atoms with Crippen LogP contribution in [0.5, 0.6) is 0 Å². The molecule has 0 aliphatic carbocycles. The van der Waals surface area contributed by atoms with Crippen molar-refractivity contribution in [2.45, 2.75) is 18.9 Å². The quantitative estimate of drug-likeness (QED) is 0.528. The lowest BCUT2D eigenvalue weighted by atomic mass is 9.93. The normalized spacial score (nSPS) is 12.0. The van der Waals surface area contributed by atoms with Crippen LogP contribution in [-0.2, 0) is 11.3 Å². The summed E-state index contributed by atoms with van der Waals surface area (Å²) in [6, 6.07) is 20.8. The lowest BCUT2D eigenvalue weighted by Gasteiger charge is -2.15. The highest BCUT2D eigenvalue weighted by Crippen LogP contribution is 2.28. The lowest BCUT2D eigenvalue weighted by molar-refractivity contribution is -0.121. The maximum atomic E-state index is 12.5. The van der Waals surface area contributed by atoms with Crippen molar-refractivity contribution >= 4 is 16.7 Å². The van der Waals surface area contributed by atoms with E-state index in [1.807, 2.05) is 60.7 Å². The molecule has 1 atom stereocenters. The van der Waals surface area contributed by atoms with Crippen molar-refractivity contribution in [2.75, 3.05) is 6.54 Å². The minimum absolute atomic E-state index is 0.107. The fourth-order valence-electron chi connectivity index (χ4n) is 3.40. The van der Waals surface area contributed by atoms with Gasteiger partial charge in [-0.2, -0.15) is 5.10 Å². The van der Waals surface area contributed by atoms with E-state index in [2.05, 4.69) is 10.4 Å². The Hall–Kier alpha value is -3.67. The van der Waals surface area contributed by atoms with Gasteiger partial charge in [-0.3, -0.25) is 9.59 Å². The molecule has 1 N–H and O–H groups in total. The number of nitrogens with zero attached hydrogens (tertiary/aromatic N) is 2. The first kappa shape index (κ1) is 18.7. The Balaban J connectivity index is 1.40. The molecule has 0 fully saturated rings. The molecular weight excluding hydrogens is 366 g/mol. The van der Waals surface area contributed by atoms with E-state index in [4.69, 9.17) is 4.42 Å². The molecule has 1 amide bonds. The van der Waals surface area contributed by atoms with Gasteiger partial charge < -0.3 is 9.73 Å². The molecule has 0 aliphatic rings. The van der Waals surface area contributed by atoms with Crippen LogP contribution in [0.2, 0.25) is 0 Å². The molecule has 146 valence electrons. The average molecular weight is 387 g/mol. The fraction of sp³-hybridized carbons (Fsp3) is 0.174. The Morgan fingerprint density at radius 3 is 2.62 bits per heavy atom. The summed E-state index contributed by atoms with van der Waals surface area (Å²) in [5.41, 5.74) is 0.861. The summed E-state index contributed by atoms with van der Waals surface area (Å²) in [5.74, 6) is 0.482. The molecule has 0 radical (unpaired) electrons. The van der Waals surface area contributed by atoms with E-state index in [9.17, 15) is 9.59 Å². The first-order valence-corrected chi connectivity index (χ1v) is 9.52. The number of carbonyl (C=O) groups excluding carboxylic acids is 1. The summed E-state index contributed by atoms with van der Waals surface area (Å²) in [7, 11) is 0. The predicted octanol–water partition coefficient (Wildman–Crippen LogP) is 3.33. The van der Waals surface area contributed by atoms with Gasteiger partial charge >= 0.3 is 0 Å². The van der Waals surface area contributed by atoms with Gasteiger partial charge in [0.15, 0.2) is 0 Å². The number of benzene rings is 2. The molecule has 0 saturated heterocycles. The maximum Gasteiger partial charge on any atom is 0.274 e. The number of rotatable bonds is 7. The van der Waals surface area contributed by atoms with Crippen LogP contribution >= 0.6 is 0 Å². The zero-order valence-corrected chi connectivity index (χ0v) is 15.8. The van der Waals surface area contributed by atoms with Crippen LogP contribution < -0.4 is 10.9 Å². The fourth-order valence-corrected chi connectivity index (χ4v) is 3.40. The number of fused-ring (bicyclic) bond motifs is 1. The predicted molar refractivity (Wildman–Crippen MR) is 111 cm³/mol. The minimum atomic E-state index is -0.160. The standard InChI is InChI=1S/C23H21N3O3/c27-22(15-20(21-11-6-14-29-21)17-7-2-1-3-8-17)24-12-13-26-23(28)19-10-5-4-9-18(19)16-25-26/h1-11,14,16,20H,12-13,15H2,(H,24,27). The van der Waals surface area contributed by atoms with E-state index < -0.39 is 0 Å². The molecule has 6 heteroatoms. The van der Waals surface area contributed by atoms with E-state index >= 15 is 0 Å². The summed E-state index contributed by atoms with van der Waals surface area (Å²) in [6.07, 6.45) is 3.54. The molecular formula is C23H21N3O3. The highest BCUT2D eigenvalue weighted by molar-refractivity contribution is 5.80. The van der Waals surface area contributed by atoms with Gasteiger partial charge in [0.2, 0.25) is 5.91 Å². The third-order valence-corrected chi connectivity index (χ3v) is 4.89. The maximum absolute atomic E-state index is 12.5. The lowest BCUT2D eigenvalue weighted by Crippen LogP contribution is -2.32.